The lowest BCUT2D eigenvalue weighted by Gasteiger charge is -2.13. The molecule has 0 bridgehead atoms. The fourth-order valence-corrected chi connectivity index (χ4v) is 2.40. The molecule has 1 aromatic rings. The first-order valence-corrected chi connectivity index (χ1v) is 6.49. The van der Waals surface area contributed by atoms with Crippen molar-refractivity contribution in [1.82, 2.24) is 5.32 Å². The summed E-state index contributed by atoms with van der Waals surface area (Å²) in [6.45, 7) is 4.46. The monoisotopic (exact) mass is 267 g/mol. The number of hydrogen-bond acceptors (Lipinski definition) is 1. The summed E-state index contributed by atoms with van der Waals surface area (Å²) in [6.07, 6.45) is 4.14. The van der Waals surface area contributed by atoms with Crippen LogP contribution in [0, 0.1) is 5.41 Å². The summed E-state index contributed by atoms with van der Waals surface area (Å²) in [5.74, 6) is 0. The van der Waals surface area contributed by atoms with E-state index in [1.54, 1.807) is 0 Å². The number of nitrogens with one attached hydrogen (secondary N) is 1. The molecule has 0 amide bonds. The molecule has 1 aromatic carbocycles. The van der Waals surface area contributed by atoms with Crippen LogP contribution in [0.1, 0.15) is 31.7 Å². The van der Waals surface area contributed by atoms with Crippen LogP contribution >= 0.6 is 15.9 Å². The van der Waals surface area contributed by atoms with Gasteiger partial charge in [-0.15, -0.1) is 0 Å². The zero-order chi connectivity index (χ0) is 10.7. The van der Waals surface area contributed by atoms with Gasteiger partial charge in [0, 0.05) is 17.6 Å². The SMILES string of the molecule is CCC1(CNCc2cccc(Br)c2)CC1. The van der Waals surface area contributed by atoms with Crippen LogP contribution in [0.15, 0.2) is 28.7 Å². The molecule has 0 spiro atoms. The van der Waals surface area contributed by atoms with E-state index in [1.165, 1.54) is 35.8 Å². The minimum absolute atomic E-state index is 0.645. The van der Waals surface area contributed by atoms with Gasteiger partial charge in [0.25, 0.3) is 0 Å². The van der Waals surface area contributed by atoms with E-state index >= 15 is 0 Å². The van der Waals surface area contributed by atoms with Crippen LogP contribution in [0.3, 0.4) is 0 Å². The van der Waals surface area contributed by atoms with Crippen molar-refractivity contribution in [3.8, 4) is 0 Å². The highest BCUT2D eigenvalue weighted by atomic mass is 79.9. The summed E-state index contributed by atoms with van der Waals surface area (Å²) in [5.41, 5.74) is 2.00. The summed E-state index contributed by atoms with van der Waals surface area (Å²) in [6, 6.07) is 8.51. The van der Waals surface area contributed by atoms with Gasteiger partial charge in [-0.2, -0.15) is 0 Å². The number of halogens is 1. The molecule has 0 unspecified atom stereocenters. The summed E-state index contributed by atoms with van der Waals surface area (Å²) in [7, 11) is 0. The number of rotatable bonds is 5. The Kier molecular flexibility index (Phi) is 3.47. The van der Waals surface area contributed by atoms with Crippen molar-refractivity contribution in [2.45, 2.75) is 32.7 Å². The first-order valence-electron chi connectivity index (χ1n) is 5.69. The third-order valence-corrected chi connectivity index (χ3v) is 3.92. The highest BCUT2D eigenvalue weighted by molar-refractivity contribution is 9.10. The zero-order valence-corrected chi connectivity index (χ0v) is 10.8. The van der Waals surface area contributed by atoms with Gasteiger partial charge >= 0.3 is 0 Å². The molecule has 1 N–H and O–H groups in total. The molecular formula is C13H18BrN. The van der Waals surface area contributed by atoms with E-state index in [0.29, 0.717) is 5.41 Å². The average Bonchev–Trinajstić information content (AvgIpc) is 2.99. The summed E-state index contributed by atoms with van der Waals surface area (Å²) in [5, 5.41) is 3.56. The Bertz CT molecular complexity index is 331. The van der Waals surface area contributed by atoms with E-state index in [2.05, 4.69) is 52.4 Å². The van der Waals surface area contributed by atoms with Gasteiger partial charge in [0.15, 0.2) is 0 Å². The second-order valence-electron chi connectivity index (χ2n) is 4.59. The Hall–Kier alpha value is -0.340. The third-order valence-electron chi connectivity index (χ3n) is 3.43. The van der Waals surface area contributed by atoms with Crippen LogP contribution < -0.4 is 5.32 Å². The Morgan fingerprint density at radius 2 is 2.20 bits per heavy atom. The average molecular weight is 268 g/mol. The third kappa shape index (κ3) is 3.05. The number of benzene rings is 1. The van der Waals surface area contributed by atoms with E-state index < -0.39 is 0 Å². The van der Waals surface area contributed by atoms with E-state index in [1.807, 2.05) is 0 Å². The van der Waals surface area contributed by atoms with E-state index in [4.69, 9.17) is 0 Å². The molecule has 1 aliphatic carbocycles. The van der Waals surface area contributed by atoms with Gasteiger partial charge in [-0.05, 0) is 42.4 Å². The lowest BCUT2D eigenvalue weighted by Crippen LogP contribution is -2.23. The first kappa shape index (κ1) is 11.2. The van der Waals surface area contributed by atoms with Crippen molar-refractivity contribution < 1.29 is 0 Å². The second kappa shape index (κ2) is 4.67. The highest BCUT2D eigenvalue weighted by Crippen LogP contribution is 2.47. The summed E-state index contributed by atoms with van der Waals surface area (Å²) < 4.78 is 1.17. The van der Waals surface area contributed by atoms with E-state index in [0.717, 1.165) is 6.54 Å². The predicted octanol–water partition coefficient (Wildman–Crippen LogP) is 3.73. The van der Waals surface area contributed by atoms with Gasteiger partial charge in [0.05, 0.1) is 0 Å². The lowest BCUT2D eigenvalue weighted by molar-refractivity contribution is 0.443. The molecule has 0 aromatic heterocycles. The second-order valence-corrected chi connectivity index (χ2v) is 5.50. The van der Waals surface area contributed by atoms with Crippen LogP contribution in [0.4, 0.5) is 0 Å². The van der Waals surface area contributed by atoms with Crippen LogP contribution in [-0.2, 0) is 6.54 Å². The van der Waals surface area contributed by atoms with Crippen molar-refractivity contribution in [2.24, 2.45) is 5.41 Å². The van der Waals surface area contributed by atoms with Gasteiger partial charge in [0.1, 0.15) is 0 Å². The minimum Gasteiger partial charge on any atom is -0.312 e. The Labute approximate surface area is 100 Å². The van der Waals surface area contributed by atoms with Crippen molar-refractivity contribution in [3.05, 3.63) is 34.3 Å². The largest absolute Gasteiger partial charge is 0.312 e. The van der Waals surface area contributed by atoms with Gasteiger partial charge in [-0.25, -0.2) is 0 Å². The van der Waals surface area contributed by atoms with Gasteiger partial charge in [-0.1, -0.05) is 35.0 Å². The van der Waals surface area contributed by atoms with Crippen LogP contribution in [0.5, 0.6) is 0 Å². The van der Waals surface area contributed by atoms with Crippen molar-refractivity contribution in [3.63, 3.8) is 0 Å². The van der Waals surface area contributed by atoms with Gasteiger partial charge in [-0.3, -0.25) is 0 Å². The molecular weight excluding hydrogens is 250 g/mol. The standard InChI is InChI=1S/C13H18BrN/c1-2-13(6-7-13)10-15-9-11-4-3-5-12(14)8-11/h3-5,8,15H,2,6-7,9-10H2,1H3. The highest BCUT2D eigenvalue weighted by Gasteiger charge is 2.39. The quantitative estimate of drug-likeness (QED) is 0.858. The fourth-order valence-electron chi connectivity index (χ4n) is 1.95. The Morgan fingerprint density at radius 1 is 1.40 bits per heavy atom. The first-order chi connectivity index (χ1) is 7.24. The summed E-state index contributed by atoms with van der Waals surface area (Å²) in [4.78, 5) is 0. The van der Waals surface area contributed by atoms with Gasteiger partial charge < -0.3 is 5.32 Å². The molecule has 0 heterocycles. The maximum atomic E-state index is 3.56. The molecule has 1 saturated carbocycles. The van der Waals surface area contributed by atoms with Crippen LogP contribution in [-0.4, -0.2) is 6.54 Å². The van der Waals surface area contributed by atoms with Crippen LogP contribution in [0.2, 0.25) is 0 Å². The fraction of sp³-hybridized carbons (Fsp3) is 0.538. The van der Waals surface area contributed by atoms with Crippen molar-refractivity contribution >= 4 is 15.9 Å². The molecule has 1 nitrogen and oxygen atoms in total. The van der Waals surface area contributed by atoms with E-state index in [-0.39, 0.29) is 0 Å². The molecule has 0 atom stereocenters. The van der Waals surface area contributed by atoms with Crippen molar-refractivity contribution in [1.29, 1.82) is 0 Å². The topological polar surface area (TPSA) is 12.0 Å². The Morgan fingerprint density at radius 3 is 2.80 bits per heavy atom. The predicted molar refractivity (Wildman–Crippen MR) is 67.8 cm³/mol. The molecule has 1 fully saturated rings. The smallest absolute Gasteiger partial charge is 0.0206 e. The molecule has 1 aliphatic rings. The lowest BCUT2D eigenvalue weighted by atomic mass is 10.0. The van der Waals surface area contributed by atoms with E-state index in [9.17, 15) is 0 Å². The van der Waals surface area contributed by atoms with Gasteiger partial charge in [0.2, 0.25) is 0 Å². The summed E-state index contributed by atoms with van der Waals surface area (Å²) >= 11 is 3.49. The maximum Gasteiger partial charge on any atom is 0.0206 e. The Balaban J connectivity index is 1.78. The molecule has 82 valence electrons. The molecule has 2 heteroatoms. The molecule has 0 saturated heterocycles. The number of hydrogen-bond donors (Lipinski definition) is 1. The van der Waals surface area contributed by atoms with Crippen molar-refractivity contribution in [2.75, 3.05) is 6.54 Å². The molecule has 0 aliphatic heterocycles. The normalized spacial score (nSPS) is 17.7. The minimum atomic E-state index is 0.645. The maximum absolute atomic E-state index is 3.56. The zero-order valence-electron chi connectivity index (χ0n) is 9.22. The molecule has 2 rings (SSSR count). The molecule has 0 radical (unpaired) electrons. The van der Waals surface area contributed by atoms with Crippen LogP contribution in [0.25, 0.3) is 0 Å². The molecule has 15 heavy (non-hydrogen) atoms.